The second-order valence-electron chi connectivity index (χ2n) is 4.62. The van der Waals surface area contributed by atoms with Crippen LogP contribution in [0.3, 0.4) is 0 Å². The second kappa shape index (κ2) is 5.57. The number of ether oxygens (including phenoxy) is 1. The molecule has 0 bridgehead atoms. The Hall–Kier alpha value is -0.280. The van der Waals surface area contributed by atoms with Gasteiger partial charge >= 0.3 is 0 Å². The first-order chi connectivity index (χ1) is 8.08. The van der Waals surface area contributed by atoms with Crippen molar-refractivity contribution in [1.29, 1.82) is 0 Å². The fourth-order valence-corrected chi connectivity index (χ4v) is 2.66. The van der Waals surface area contributed by atoms with Crippen molar-refractivity contribution in [3.63, 3.8) is 0 Å². The number of halogens is 2. The number of nitrogens with one attached hydrogen (secondary N) is 1. The lowest BCUT2D eigenvalue weighted by atomic mass is 10.1. The second-order valence-corrected chi connectivity index (χ2v) is 5.41. The number of hydrogen-bond donors (Lipinski definition) is 1. The topological polar surface area (TPSA) is 21.3 Å². The molecule has 1 aromatic rings. The average Bonchev–Trinajstić information content (AvgIpc) is 2.43. The maximum atomic E-state index is 6.22. The fraction of sp³-hybridized carbons (Fsp3) is 0.538. The molecule has 0 spiro atoms. The van der Waals surface area contributed by atoms with Crippen LogP contribution < -0.4 is 5.32 Å². The van der Waals surface area contributed by atoms with E-state index in [0.717, 1.165) is 18.5 Å². The summed E-state index contributed by atoms with van der Waals surface area (Å²) < 4.78 is 6.00. The molecule has 17 heavy (non-hydrogen) atoms. The molecule has 3 unspecified atom stereocenters. The molecule has 1 saturated heterocycles. The van der Waals surface area contributed by atoms with Crippen molar-refractivity contribution in [2.24, 2.45) is 0 Å². The van der Waals surface area contributed by atoms with E-state index in [-0.39, 0.29) is 12.2 Å². The van der Waals surface area contributed by atoms with Crippen LogP contribution >= 0.6 is 23.2 Å². The van der Waals surface area contributed by atoms with Gasteiger partial charge in [0.25, 0.3) is 0 Å². The fourth-order valence-electron chi connectivity index (χ4n) is 2.23. The van der Waals surface area contributed by atoms with Gasteiger partial charge in [-0.05, 0) is 26.3 Å². The minimum Gasteiger partial charge on any atom is -0.369 e. The summed E-state index contributed by atoms with van der Waals surface area (Å²) in [5.74, 6) is 0. The highest BCUT2D eigenvalue weighted by Gasteiger charge is 2.24. The quantitative estimate of drug-likeness (QED) is 0.840. The molecular weight excluding hydrogens is 257 g/mol. The van der Waals surface area contributed by atoms with Gasteiger partial charge < -0.3 is 10.1 Å². The molecule has 1 heterocycles. The normalized spacial score (nSPS) is 30.0. The van der Waals surface area contributed by atoms with Crippen LogP contribution in [0.4, 0.5) is 0 Å². The average molecular weight is 274 g/mol. The standard InChI is InChI=1S/C13H17Cl2NO/c1-8-6-9(2)17-12(7-16-8)10-4-3-5-11(14)13(10)15/h3-5,8-9,12,16H,6-7H2,1-2H3. The van der Waals surface area contributed by atoms with Crippen molar-refractivity contribution in [3.05, 3.63) is 33.8 Å². The Morgan fingerprint density at radius 1 is 1.29 bits per heavy atom. The molecule has 0 aromatic heterocycles. The van der Waals surface area contributed by atoms with Crippen LogP contribution in [0.5, 0.6) is 0 Å². The molecule has 2 rings (SSSR count). The zero-order valence-electron chi connectivity index (χ0n) is 10.0. The number of benzene rings is 1. The Labute approximate surface area is 112 Å². The summed E-state index contributed by atoms with van der Waals surface area (Å²) in [6, 6.07) is 6.15. The first-order valence-electron chi connectivity index (χ1n) is 5.90. The van der Waals surface area contributed by atoms with E-state index < -0.39 is 0 Å². The molecule has 2 nitrogen and oxygen atoms in total. The molecule has 0 radical (unpaired) electrons. The van der Waals surface area contributed by atoms with Crippen LogP contribution in [-0.4, -0.2) is 18.7 Å². The largest absolute Gasteiger partial charge is 0.369 e. The third-order valence-corrected chi connectivity index (χ3v) is 3.90. The molecule has 1 aromatic carbocycles. The zero-order chi connectivity index (χ0) is 12.4. The SMILES string of the molecule is CC1CC(C)OC(c2cccc(Cl)c2Cl)CN1. The van der Waals surface area contributed by atoms with E-state index in [1.165, 1.54) is 0 Å². The summed E-state index contributed by atoms with van der Waals surface area (Å²) in [7, 11) is 0. The van der Waals surface area contributed by atoms with Gasteiger partial charge in [-0.3, -0.25) is 0 Å². The third-order valence-electron chi connectivity index (χ3n) is 3.06. The molecule has 1 aliphatic rings. The maximum absolute atomic E-state index is 6.22. The van der Waals surface area contributed by atoms with Gasteiger partial charge in [0.1, 0.15) is 0 Å². The van der Waals surface area contributed by atoms with Crippen LogP contribution in [0.25, 0.3) is 0 Å². The van der Waals surface area contributed by atoms with E-state index in [1.807, 2.05) is 12.1 Å². The molecular formula is C13H17Cl2NO. The molecule has 94 valence electrons. The van der Waals surface area contributed by atoms with Gasteiger partial charge in [-0.15, -0.1) is 0 Å². The molecule has 0 saturated carbocycles. The smallest absolute Gasteiger partial charge is 0.0967 e. The van der Waals surface area contributed by atoms with Gasteiger partial charge in [-0.1, -0.05) is 35.3 Å². The van der Waals surface area contributed by atoms with E-state index in [0.29, 0.717) is 16.1 Å². The van der Waals surface area contributed by atoms with Crippen LogP contribution in [0.2, 0.25) is 10.0 Å². The Balaban J connectivity index is 2.23. The van der Waals surface area contributed by atoms with Gasteiger partial charge in [0, 0.05) is 18.2 Å². The Morgan fingerprint density at radius 2 is 2.06 bits per heavy atom. The van der Waals surface area contributed by atoms with Crippen molar-refractivity contribution in [1.82, 2.24) is 5.32 Å². The van der Waals surface area contributed by atoms with E-state index in [2.05, 4.69) is 19.2 Å². The molecule has 0 amide bonds. The van der Waals surface area contributed by atoms with Crippen molar-refractivity contribution in [2.45, 2.75) is 38.5 Å². The third kappa shape index (κ3) is 3.14. The van der Waals surface area contributed by atoms with Crippen LogP contribution in [0, 0.1) is 0 Å². The molecule has 4 heteroatoms. The van der Waals surface area contributed by atoms with Crippen LogP contribution in [0.15, 0.2) is 18.2 Å². The minimum atomic E-state index is -0.0267. The summed E-state index contributed by atoms with van der Waals surface area (Å²) in [6.07, 6.45) is 1.20. The Morgan fingerprint density at radius 3 is 2.82 bits per heavy atom. The van der Waals surface area contributed by atoms with Gasteiger partial charge in [-0.25, -0.2) is 0 Å². The molecule has 1 fully saturated rings. The summed E-state index contributed by atoms with van der Waals surface area (Å²) in [4.78, 5) is 0. The highest BCUT2D eigenvalue weighted by molar-refractivity contribution is 6.42. The summed E-state index contributed by atoms with van der Waals surface area (Å²) in [5, 5.41) is 4.62. The van der Waals surface area contributed by atoms with Crippen molar-refractivity contribution >= 4 is 23.2 Å². The number of hydrogen-bond acceptors (Lipinski definition) is 2. The number of rotatable bonds is 1. The van der Waals surface area contributed by atoms with Crippen molar-refractivity contribution in [2.75, 3.05) is 6.54 Å². The van der Waals surface area contributed by atoms with Crippen molar-refractivity contribution < 1.29 is 4.74 Å². The first kappa shape index (κ1) is 13.2. The van der Waals surface area contributed by atoms with Gasteiger partial charge in [0.15, 0.2) is 0 Å². The highest BCUT2D eigenvalue weighted by atomic mass is 35.5. The van der Waals surface area contributed by atoms with E-state index in [9.17, 15) is 0 Å². The van der Waals surface area contributed by atoms with Crippen LogP contribution in [0.1, 0.15) is 31.9 Å². The van der Waals surface area contributed by atoms with E-state index in [1.54, 1.807) is 6.07 Å². The van der Waals surface area contributed by atoms with Crippen LogP contribution in [-0.2, 0) is 4.74 Å². The zero-order valence-corrected chi connectivity index (χ0v) is 11.6. The lowest BCUT2D eigenvalue weighted by molar-refractivity contribution is 0.00724. The molecule has 1 aliphatic heterocycles. The van der Waals surface area contributed by atoms with Gasteiger partial charge in [0.2, 0.25) is 0 Å². The van der Waals surface area contributed by atoms with E-state index in [4.69, 9.17) is 27.9 Å². The predicted octanol–water partition coefficient (Wildman–Crippen LogP) is 3.82. The lowest BCUT2D eigenvalue weighted by Crippen LogP contribution is -2.28. The van der Waals surface area contributed by atoms with Gasteiger partial charge in [-0.2, -0.15) is 0 Å². The van der Waals surface area contributed by atoms with Crippen molar-refractivity contribution in [3.8, 4) is 0 Å². The Bertz CT molecular complexity index is 397. The summed E-state index contributed by atoms with van der Waals surface area (Å²) in [5.41, 5.74) is 0.965. The Kier molecular flexibility index (Phi) is 4.31. The predicted molar refractivity (Wildman–Crippen MR) is 71.8 cm³/mol. The molecule has 3 atom stereocenters. The van der Waals surface area contributed by atoms with E-state index >= 15 is 0 Å². The molecule has 0 aliphatic carbocycles. The summed E-state index contributed by atoms with van der Waals surface area (Å²) in [6.45, 7) is 5.03. The summed E-state index contributed by atoms with van der Waals surface area (Å²) >= 11 is 12.3. The first-order valence-corrected chi connectivity index (χ1v) is 6.66. The monoisotopic (exact) mass is 273 g/mol. The lowest BCUT2D eigenvalue weighted by Gasteiger charge is -2.20. The van der Waals surface area contributed by atoms with Gasteiger partial charge in [0.05, 0.1) is 22.3 Å². The minimum absolute atomic E-state index is 0.0267. The maximum Gasteiger partial charge on any atom is 0.0967 e. The highest BCUT2D eigenvalue weighted by Crippen LogP contribution is 2.33. The molecule has 1 N–H and O–H groups in total.